The maximum absolute atomic E-state index is 5.85. The van der Waals surface area contributed by atoms with Gasteiger partial charge >= 0.3 is 0 Å². The zero-order valence-corrected chi connectivity index (χ0v) is 8.18. The molecule has 0 saturated carbocycles. The van der Waals surface area contributed by atoms with Crippen molar-refractivity contribution < 1.29 is 4.74 Å². The minimum atomic E-state index is 0.0115. The average molecular weight is 194 g/mol. The number of para-hydroxylation sites is 1. The molecule has 1 heterocycles. The van der Waals surface area contributed by atoms with Crippen LogP contribution in [-0.2, 0) is 0 Å². The van der Waals surface area contributed by atoms with Crippen molar-refractivity contribution in [2.24, 2.45) is 0 Å². The van der Waals surface area contributed by atoms with E-state index in [1.54, 1.807) is 0 Å². The fourth-order valence-corrected chi connectivity index (χ4v) is 2.20. The highest BCUT2D eigenvalue weighted by molar-refractivity contribution is 5.51. The van der Waals surface area contributed by atoms with Gasteiger partial charge in [0, 0.05) is 17.1 Å². The lowest BCUT2D eigenvalue weighted by Crippen LogP contribution is -2.21. The number of allylic oxidation sites excluding steroid dienone is 2. The molecule has 1 aliphatic carbocycles. The molecule has 0 aromatic heterocycles. The maximum Gasteiger partial charge on any atom is 0.142 e. The van der Waals surface area contributed by atoms with Crippen LogP contribution in [0.15, 0.2) is 48.1 Å². The Morgan fingerprint density at radius 1 is 1.27 bits per heavy atom. The lowest BCUT2D eigenvalue weighted by molar-refractivity contribution is 0.261. The number of hydrogen-bond donors (Lipinski definition) is 0. The van der Waals surface area contributed by atoms with Gasteiger partial charge in [-0.05, 0) is 12.1 Å². The first-order chi connectivity index (χ1) is 7.40. The van der Waals surface area contributed by atoms with Crippen LogP contribution in [0.25, 0.3) is 0 Å². The van der Waals surface area contributed by atoms with E-state index in [1.807, 2.05) is 30.4 Å². The summed E-state index contributed by atoms with van der Waals surface area (Å²) >= 11 is 0. The van der Waals surface area contributed by atoms with Crippen LogP contribution in [0.1, 0.15) is 11.5 Å². The van der Waals surface area contributed by atoms with Crippen molar-refractivity contribution in [1.82, 2.24) is 0 Å². The van der Waals surface area contributed by atoms with E-state index in [2.05, 4.69) is 18.1 Å². The van der Waals surface area contributed by atoms with Gasteiger partial charge in [-0.2, -0.15) is 0 Å². The predicted molar refractivity (Wildman–Crippen MR) is 59.7 cm³/mol. The van der Waals surface area contributed by atoms with Crippen LogP contribution in [0.5, 0.6) is 5.75 Å². The molecule has 0 N–H and O–H groups in total. The van der Waals surface area contributed by atoms with Gasteiger partial charge in [0.05, 0.1) is 0 Å². The molecule has 0 radical (unpaired) electrons. The van der Waals surface area contributed by atoms with E-state index in [4.69, 9.17) is 11.2 Å². The lowest BCUT2D eigenvalue weighted by Gasteiger charge is -2.18. The molecule has 0 fully saturated rings. The minimum Gasteiger partial charge on any atom is -0.484 e. The van der Waals surface area contributed by atoms with Crippen molar-refractivity contribution in [3.63, 3.8) is 0 Å². The fourth-order valence-electron chi connectivity index (χ4n) is 2.20. The SMILES string of the molecule is C#CC1=CC=CC2c3ccccc3OC12. The quantitative estimate of drug-likeness (QED) is 0.577. The van der Waals surface area contributed by atoms with E-state index < -0.39 is 0 Å². The van der Waals surface area contributed by atoms with Gasteiger partial charge in [0.2, 0.25) is 0 Å². The summed E-state index contributed by atoms with van der Waals surface area (Å²) in [5, 5.41) is 0. The number of terminal acetylenes is 1. The zero-order chi connectivity index (χ0) is 10.3. The summed E-state index contributed by atoms with van der Waals surface area (Å²) < 4.78 is 5.85. The van der Waals surface area contributed by atoms with Crippen molar-refractivity contribution >= 4 is 0 Å². The molecule has 1 aliphatic heterocycles. The molecule has 0 amide bonds. The van der Waals surface area contributed by atoms with Crippen LogP contribution < -0.4 is 4.74 Å². The Labute approximate surface area is 89.1 Å². The first kappa shape index (κ1) is 8.38. The molecule has 3 rings (SSSR count). The van der Waals surface area contributed by atoms with Crippen molar-refractivity contribution in [1.29, 1.82) is 0 Å². The molecule has 1 aromatic rings. The molecule has 72 valence electrons. The number of rotatable bonds is 0. The lowest BCUT2D eigenvalue weighted by atomic mass is 9.88. The van der Waals surface area contributed by atoms with Gasteiger partial charge in [0.1, 0.15) is 11.9 Å². The third-order valence-corrected chi connectivity index (χ3v) is 2.93. The highest BCUT2D eigenvalue weighted by atomic mass is 16.5. The summed E-state index contributed by atoms with van der Waals surface area (Å²) in [6.45, 7) is 0. The Kier molecular flexibility index (Phi) is 1.69. The molecule has 1 aromatic carbocycles. The van der Waals surface area contributed by atoms with Crippen molar-refractivity contribution in [3.05, 3.63) is 53.6 Å². The molecule has 1 nitrogen and oxygen atoms in total. The summed E-state index contributed by atoms with van der Waals surface area (Å²) in [6, 6.07) is 8.12. The highest BCUT2D eigenvalue weighted by Crippen LogP contribution is 2.42. The molecule has 0 spiro atoms. The van der Waals surface area contributed by atoms with Gasteiger partial charge in [0.25, 0.3) is 0 Å². The third kappa shape index (κ3) is 1.12. The van der Waals surface area contributed by atoms with E-state index in [0.29, 0.717) is 0 Å². The molecule has 15 heavy (non-hydrogen) atoms. The Balaban J connectivity index is 2.10. The number of fused-ring (bicyclic) bond motifs is 3. The smallest absolute Gasteiger partial charge is 0.142 e. The molecule has 2 unspecified atom stereocenters. The molecular weight excluding hydrogens is 184 g/mol. The van der Waals surface area contributed by atoms with Crippen LogP contribution >= 0.6 is 0 Å². The van der Waals surface area contributed by atoms with Gasteiger partial charge < -0.3 is 4.74 Å². The van der Waals surface area contributed by atoms with E-state index >= 15 is 0 Å². The van der Waals surface area contributed by atoms with Crippen LogP contribution in [-0.4, -0.2) is 6.10 Å². The van der Waals surface area contributed by atoms with Crippen molar-refractivity contribution in [3.8, 4) is 18.1 Å². The van der Waals surface area contributed by atoms with Gasteiger partial charge in [-0.1, -0.05) is 36.3 Å². The second-order valence-electron chi connectivity index (χ2n) is 3.75. The molecular formula is C14H10O. The van der Waals surface area contributed by atoms with Crippen LogP contribution in [0.2, 0.25) is 0 Å². The van der Waals surface area contributed by atoms with Gasteiger partial charge in [-0.15, -0.1) is 6.42 Å². The summed E-state index contributed by atoms with van der Waals surface area (Å²) in [5.41, 5.74) is 2.17. The first-order valence-electron chi connectivity index (χ1n) is 5.01. The summed E-state index contributed by atoms with van der Waals surface area (Å²) in [5.74, 6) is 3.94. The van der Waals surface area contributed by atoms with Crippen LogP contribution in [0.4, 0.5) is 0 Å². The van der Waals surface area contributed by atoms with Gasteiger partial charge in [0.15, 0.2) is 0 Å². The number of benzene rings is 1. The molecule has 0 bridgehead atoms. The fraction of sp³-hybridized carbons (Fsp3) is 0.143. The zero-order valence-electron chi connectivity index (χ0n) is 8.18. The molecule has 2 atom stereocenters. The van der Waals surface area contributed by atoms with E-state index in [-0.39, 0.29) is 12.0 Å². The Bertz CT molecular complexity index is 502. The Morgan fingerprint density at radius 2 is 2.13 bits per heavy atom. The number of hydrogen-bond acceptors (Lipinski definition) is 1. The first-order valence-corrected chi connectivity index (χ1v) is 5.01. The molecule has 0 saturated heterocycles. The second-order valence-corrected chi connectivity index (χ2v) is 3.75. The van der Waals surface area contributed by atoms with E-state index in [9.17, 15) is 0 Å². The summed E-state index contributed by atoms with van der Waals surface area (Å²) in [6.07, 6.45) is 11.6. The highest BCUT2D eigenvalue weighted by Gasteiger charge is 2.35. The standard InChI is InChI=1S/C14H10O/c1-2-10-6-5-8-12-11-7-3-4-9-13(11)15-14(10)12/h1,3-9,12,14H. The molecule has 1 heteroatoms. The van der Waals surface area contributed by atoms with Crippen molar-refractivity contribution in [2.45, 2.75) is 12.0 Å². The van der Waals surface area contributed by atoms with Gasteiger partial charge in [-0.3, -0.25) is 0 Å². The average Bonchev–Trinajstić information content (AvgIpc) is 2.67. The summed E-state index contributed by atoms with van der Waals surface area (Å²) in [4.78, 5) is 0. The third-order valence-electron chi connectivity index (χ3n) is 2.93. The Hall–Kier alpha value is -1.94. The van der Waals surface area contributed by atoms with E-state index in [0.717, 1.165) is 11.3 Å². The maximum atomic E-state index is 5.85. The Morgan fingerprint density at radius 3 is 3.00 bits per heavy atom. The molecule has 2 aliphatic rings. The van der Waals surface area contributed by atoms with E-state index in [1.165, 1.54) is 5.56 Å². The predicted octanol–water partition coefficient (Wildman–Crippen LogP) is 2.66. The summed E-state index contributed by atoms with van der Waals surface area (Å²) in [7, 11) is 0. The van der Waals surface area contributed by atoms with Crippen LogP contribution in [0.3, 0.4) is 0 Å². The van der Waals surface area contributed by atoms with Crippen molar-refractivity contribution in [2.75, 3.05) is 0 Å². The second kappa shape index (κ2) is 3.03. The number of ether oxygens (including phenoxy) is 1. The monoisotopic (exact) mass is 194 g/mol. The minimum absolute atomic E-state index is 0.0115. The van der Waals surface area contributed by atoms with Gasteiger partial charge in [-0.25, -0.2) is 0 Å². The topological polar surface area (TPSA) is 9.23 Å². The largest absolute Gasteiger partial charge is 0.484 e. The normalized spacial score (nSPS) is 25.9. The van der Waals surface area contributed by atoms with Crippen LogP contribution in [0, 0.1) is 12.3 Å².